The molecule has 0 radical (unpaired) electrons. The first-order chi connectivity index (χ1) is 19.8. The van der Waals surface area contributed by atoms with Crippen LogP contribution >= 0.6 is 0 Å². The van der Waals surface area contributed by atoms with Gasteiger partial charge in [-0.1, -0.05) is 46.3 Å². The summed E-state index contributed by atoms with van der Waals surface area (Å²) in [5, 5.41) is 10.6. The Morgan fingerprint density at radius 2 is 1.42 bits per heavy atom. The van der Waals surface area contributed by atoms with Crippen molar-refractivity contribution in [3.63, 3.8) is 0 Å². The second-order valence-corrected chi connectivity index (χ2v) is 16.3. The summed E-state index contributed by atoms with van der Waals surface area (Å²) in [5.74, 6) is -2.06. The van der Waals surface area contributed by atoms with Crippen LogP contribution in [0.5, 0.6) is 0 Å². The molecule has 0 unspecified atom stereocenters. The first-order valence-electron chi connectivity index (χ1n) is 16.2. The number of carbonyl (C=O) groups is 4. The monoisotopic (exact) mass is 600 g/mol. The van der Waals surface area contributed by atoms with Crippen molar-refractivity contribution in [2.45, 2.75) is 138 Å². The third-order valence-corrected chi connectivity index (χ3v) is 13.5. The Labute approximate surface area is 256 Å². The molecule has 8 heteroatoms. The Bertz CT molecular complexity index is 1250. The molecule has 5 rings (SSSR count). The largest absolute Gasteiger partial charge is 0.481 e. The van der Waals surface area contributed by atoms with Gasteiger partial charge in [0.15, 0.2) is 11.7 Å². The van der Waals surface area contributed by atoms with Gasteiger partial charge in [0.25, 0.3) is 0 Å². The summed E-state index contributed by atoms with van der Waals surface area (Å²) in [7, 11) is 0. The van der Waals surface area contributed by atoms with Crippen LogP contribution < -0.4 is 0 Å². The highest BCUT2D eigenvalue weighted by Crippen LogP contribution is 2.75. The first-order valence-corrected chi connectivity index (χ1v) is 16.2. The molecule has 0 heterocycles. The maximum Gasteiger partial charge on any atom is 0.310 e. The molecular weight excluding hydrogens is 548 g/mol. The predicted molar refractivity (Wildman–Crippen MR) is 160 cm³/mol. The molecule has 5 aliphatic carbocycles. The second-order valence-electron chi connectivity index (χ2n) is 16.3. The Morgan fingerprint density at radius 3 is 2.00 bits per heavy atom. The van der Waals surface area contributed by atoms with E-state index in [0.717, 1.165) is 44.9 Å². The van der Waals surface area contributed by atoms with Crippen LogP contribution in [0.25, 0.3) is 0 Å². The van der Waals surface area contributed by atoms with Crippen molar-refractivity contribution in [1.29, 1.82) is 0 Å². The molecule has 0 bridgehead atoms. The van der Waals surface area contributed by atoms with Gasteiger partial charge in [-0.05, 0) is 98.2 Å². The number of aliphatic carboxylic acids is 1. The molecule has 0 saturated heterocycles. The molecule has 8 nitrogen and oxygen atoms in total. The normalized spacial score (nSPS) is 46.4. The van der Waals surface area contributed by atoms with Crippen molar-refractivity contribution < 1.29 is 38.5 Å². The van der Waals surface area contributed by atoms with Crippen LogP contribution in [0, 0.1) is 44.8 Å². The SMILES string of the molecule is CC(=O)O[C@@H]1C[C@@]2(C)[C@@H](CC[C@]3(C)[C@@H]2CC=C2[C@@H]4CC(C)(C)CC[C@]4(C(=O)O)CC[C@]23C)[C@](C)(OC(C)=O)[C@H]1OC(C)=O. The number of allylic oxidation sites excluding steroid dienone is 2. The molecule has 0 aromatic rings. The Balaban J connectivity index is 1.63. The predicted octanol–water partition coefficient (Wildman–Crippen LogP) is 6.64. The molecule has 43 heavy (non-hydrogen) atoms. The molecule has 5 aliphatic rings. The van der Waals surface area contributed by atoms with E-state index in [0.29, 0.717) is 12.8 Å². The zero-order chi connectivity index (χ0) is 32.0. The molecular formula is C35H52O8. The van der Waals surface area contributed by atoms with Crippen molar-refractivity contribution in [3.05, 3.63) is 11.6 Å². The molecule has 0 aliphatic heterocycles. The van der Waals surface area contributed by atoms with Gasteiger partial charge in [0.2, 0.25) is 0 Å². The van der Waals surface area contributed by atoms with Gasteiger partial charge in [-0.15, -0.1) is 0 Å². The van der Waals surface area contributed by atoms with Crippen molar-refractivity contribution in [1.82, 2.24) is 0 Å². The third-order valence-electron chi connectivity index (χ3n) is 13.5. The lowest BCUT2D eigenvalue weighted by atomic mass is 9.34. The molecule has 0 spiro atoms. The molecule has 0 amide bonds. The number of rotatable bonds is 4. The number of carboxylic acid groups (broad SMARTS) is 1. The zero-order valence-corrected chi connectivity index (χ0v) is 27.6. The second kappa shape index (κ2) is 10.1. The van der Waals surface area contributed by atoms with Crippen LogP contribution in [0.4, 0.5) is 0 Å². The number of fused-ring (bicyclic) bond motifs is 7. The fourth-order valence-electron chi connectivity index (χ4n) is 11.5. The van der Waals surface area contributed by atoms with E-state index < -0.39 is 52.5 Å². The topological polar surface area (TPSA) is 116 Å². The van der Waals surface area contributed by atoms with Crippen molar-refractivity contribution in [3.8, 4) is 0 Å². The minimum atomic E-state index is -1.19. The van der Waals surface area contributed by atoms with E-state index >= 15 is 0 Å². The van der Waals surface area contributed by atoms with Gasteiger partial charge in [-0.25, -0.2) is 0 Å². The van der Waals surface area contributed by atoms with E-state index in [4.69, 9.17) is 14.2 Å². The van der Waals surface area contributed by atoms with Gasteiger partial charge in [-0.2, -0.15) is 0 Å². The summed E-state index contributed by atoms with van der Waals surface area (Å²) in [4.78, 5) is 50.2. The molecule has 4 fully saturated rings. The van der Waals surface area contributed by atoms with Crippen molar-refractivity contribution in [2.75, 3.05) is 0 Å². The fourth-order valence-corrected chi connectivity index (χ4v) is 11.5. The van der Waals surface area contributed by atoms with E-state index in [1.807, 2.05) is 6.92 Å². The summed E-state index contributed by atoms with van der Waals surface area (Å²) in [6, 6.07) is 0. The average molecular weight is 601 g/mol. The molecule has 4 saturated carbocycles. The van der Waals surface area contributed by atoms with Crippen LogP contribution in [0.2, 0.25) is 0 Å². The van der Waals surface area contributed by atoms with E-state index in [1.165, 1.54) is 26.3 Å². The van der Waals surface area contributed by atoms with Crippen LogP contribution in [-0.4, -0.2) is 46.8 Å². The van der Waals surface area contributed by atoms with Gasteiger partial charge in [-0.3, -0.25) is 19.2 Å². The third kappa shape index (κ3) is 4.58. The van der Waals surface area contributed by atoms with Gasteiger partial charge < -0.3 is 19.3 Å². The van der Waals surface area contributed by atoms with Crippen LogP contribution in [0.15, 0.2) is 11.6 Å². The highest BCUT2D eigenvalue weighted by molar-refractivity contribution is 5.76. The van der Waals surface area contributed by atoms with E-state index in [2.05, 4.69) is 40.7 Å². The summed E-state index contributed by atoms with van der Waals surface area (Å²) >= 11 is 0. The Hall–Kier alpha value is -2.38. The Kier molecular flexibility index (Phi) is 7.50. The molecule has 1 N–H and O–H groups in total. The zero-order valence-electron chi connectivity index (χ0n) is 27.6. The Morgan fingerprint density at radius 1 is 0.791 bits per heavy atom. The molecule has 0 aromatic heterocycles. The quantitative estimate of drug-likeness (QED) is 0.217. The lowest BCUT2D eigenvalue weighted by molar-refractivity contribution is -0.274. The number of carboxylic acids is 1. The summed E-state index contributed by atoms with van der Waals surface area (Å²) in [6.07, 6.45) is 7.61. The van der Waals surface area contributed by atoms with E-state index in [1.54, 1.807) is 0 Å². The number of ether oxygens (including phenoxy) is 3. The van der Waals surface area contributed by atoms with Crippen LogP contribution in [-0.2, 0) is 33.4 Å². The van der Waals surface area contributed by atoms with E-state index in [-0.39, 0.29) is 34.0 Å². The lowest BCUT2D eigenvalue weighted by Crippen LogP contribution is -2.71. The van der Waals surface area contributed by atoms with Gasteiger partial charge in [0, 0.05) is 26.7 Å². The molecule has 10 atom stereocenters. The number of carbonyl (C=O) groups excluding carboxylic acids is 3. The smallest absolute Gasteiger partial charge is 0.310 e. The number of hydrogen-bond donors (Lipinski definition) is 1. The average Bonchev–Trinajstić information content (AvgIpc) is 2.85. The van der Waals surface area contributed by atoms with Gasteiger partial charge >= 0.3 is 23.9 Å². The molecule has 240 valence electrons. The fraction of sp³-hybridized carbons (Fsp3) is 0.829. The maximum atomic E-state index is 12.9. The highest BCUT2D eigenvalue weighted by atomic mass is 16.6. The summed E-state index contributed by atoms with van der Waals surface area (Å²) < 4.78 is 17.8. The maximum absolute atomic E-state index is 12.9. The van der Waals surface area contributed by atoms with Crippen molar-refractivity contribution >= 4 is 23.9 Å². The van der Waals surface area contributed by atoms with Crippen LogP contribution in [0.3, 0.4) is 0 Å². The standard InChI is InChI=1S/C35H52O8/c1-20(36)41-25-19-31(6)26-11-10-23-24-18-30(4,5)14-16-35(24,29(39)40)17-15-32(23,7)33(26,8)13-12-27(31)34(9,43-22(3)38)28(25)42-21(2)37/h10,24-28H,11-19H2,1-9H3,(H,39,40)/t24-,25+,26+,27+,28-,31+,32+,33+,34-,35-/m0/s1. The van der Waals surface area contributed by atoms with E-state index in [9.17, 15) is 24.3 Å². The van der Waals surface area contributed by atoms with Gasteiger partial charge in [0.1, 0.15) is 6.10 Å². The number of hydrogen-bond acceptors (Lipinski definition) is 7. The lowest BCUT2D eigenvalue weighted by Gasteiger charge is -2.71. The summed E-state index contributed by atoms with van der Waals surface area (Å²) in [5.41, 5.74) is -1.23. The molecule has 0 aromatic carbocycles. The summed E-state index contributed by atoms with van der Waals surface area (Å²) in [6.45, 7) is 17.5. The minimum absolute atomic E-state index is 0.00983. The van der Waals surface area contributed by atoms with Crippen LogP contribution in [0.1, 0.15) is 120 Å². The van der Waals surface area contributed by atoms with Gasteiger partial charge in [0.05, 0.1) is 5.41 Å². The minimum Gasteiger partial charge on any atom is -0.481 e. The first kappa shape index (κ1) is 32.0. The highest BCUT2D eigenvalue weighted by Gasteiger charge is 2.72. The van der Waals surface area contributed by atoms with Crippen molar-refractivity contribution in [2.24, 2.45) is 44.8 Å². The number of esters is 3.